The molecule has 0 fully saturated rings. The van der Waals surface area contributed by atoms with Gasteiger partial charge in [-0.2, -0.15) is 0 Å². The number of nitrogens with zero attached hydrogens (tertiary/aromatic N) is 2. The molecule has 1 aromatic carbocycles. The summed E-state index contributed by atoms with van der Waals surface area (Å²) in [6, 6.07) is 8.29. The number of aryl methyl sites for hydroxylation is 1. The predicted octanol–water partition coefficient (Wildman–Crippen LogP) is 0.116. The SMILES string of the molecule is C[n+]1nc2ccccc2[se]1. The van der Waals surface area contributed by atoms with E-state index in [0.29, 0.717) is 14.7 Å². The Morgan fingerprint density at radius 1 is 1.40 bits per heavy atom. The minimum atomic E-state index is 0.427. The summed E-state index contributed by atoms with van der Waals surface area (Å²) in [5.41, 5.74) is 1.14. The van der Waals surface area contributed by atoms with E-state index in [1.165, 1.54) is 4.26 Å². The van der Waals surface area contributed by atoms with Crippen LogP contribution in [0.15, 0.2) is 24.3 Å². The van der Waals surface area contributed by atoms with Gasteiger partial charge >= 0.3 is 64.6 Å². The molecule has 0 amide bonds. The van der Waals surface area contributed by atoms with Crippen molar-refractivity contribution >= 4 is 24.5 Å². The van der Waals surface area contributed by atoms with Crippen LogP contribution < -0.4 is 3.68 Å². The van der Waals surface area contributed by atoms with Crippen LogP contribution in [0.1, 0.15) is 0 Å². The van der Waals surface area contributed by atoms with Crippen LogP contribution in [0.3, 0.4) is 0 Å². The molecule has 1 heterocycles. The molecule has 0 unspecified atom stereocenters. The van der Waals surface area contributed by atoms with Gasteiger partial charge in [-0.3, -0.25) is 0 Å². The van der Waals surface area contributed by atoms with Gasteiger partial charge in [0.25, 0.3) is 0 Å². The van der Waals surface area contributed by atoms with E-state index < -0.39 is 0 Å². The van der Waals surface area contributed by atoms with E-state index in [1.54, 1.807) is 0 Å². The van der Waals surface area contributed by atoms with Crippen LogP contribution in [0, 0.1) is 0 Å². The molecule has 0 radical (unpaired) electrons. The maximum absolute atomic E-state index is 4.31. The average Bonchev–Trinajstić information content (AvgIpc) is 2.27. The minimum absolute atomic E-state index is 0.427. The molecular weight excluding hydrogens is 191 g/mol. The molecule has 10 heavy (non-hydrogen) atoms. The summed E-state index contributed by atoms with van der Waals surface area (Å²) in [5, 5.41) is 4.31. The summed E-state index contributed by atoms with van der Waals surface area (Å²) in [7, 11) is 2.01. The van der Waals surface area contributed by atoms with Gasteiger partial charge in [0.2, 0.25) is 0 Å². The summed E-state index contributed by atoms with van der Waals surface area (Å²) >= 11 is 0.427. The standard InChI is InChI=1S/C7H7N2Se/c1-9-8-6-4-2-3-5-7(6)10-9/h2-5H,1H3/q+1. The second kappa shape index (κ2) is 2.18. The van der Waals surface area contributed by atoms with Crippen LogP contribution >= 0.6 is 0 Å². The first-order valence-corrected chi connectivity index (χ1v) is 4.71. The molecule has 0 aliphatic carbocycles. The second-order valence-electron chi connectivity index (χ2n) is 2.12. The summed E-state index contributed by atoms with van der Waals surface area (Å²) < 4.78 is 3.40. The first kappa shape index (κ1) is 6.08. The van der Waals surface area contributed by atoms with Crippen LogP contribution in [0.25, 0.3) is 9.78 Å². The number of fused-ring (bicyclic) bond motifs is 1. The molecule has 2 rings (SSSR count). The fourth-order valence-electron chi connectivity index (χ4n) is 0.931. The molecule has 0 saturated carbocycles. The average molecular weight is 198 g/mol. The van der Waals surface area contributed by atoms with Crippen molar-refractivity contribution in [3.8, 4) is 0 Å². The first-order valence-electron chi connectivity index (χ1n) is 3.08. The molecule has 0 saturated heterocycles. The number of benzene rings is 1. The fourth-order valence-corrected chi connectivity index (χ4v) is 2.52. The Kier molecular flexibility index (Phi) is 1.33. The second-order valence-corrected chi connectivity index (χ2v) is 4.54. The number of aromatic nitrogens is 2. The molecular formula is C7H7N2Se+. The number of hydrogen-bond acceptors (Lipinski definition) is 1. The van der Waals surface area contributed by atoms with E-state index in [4.69, 9.17) is 0 Å². The first-order chi connectivity index (χ1) is 4.86. The molecule has 3 heteroatoms. The molecule has 0 atom stereocenters. The van der Waals surface area contributed by atoms with E-state index in [-0.39, 0.29) is 0 Å². The van der Waals surface area contributed by atoms with E-state index in [0.717, 1.165) is 5.52 Å². The van der Waals surface area contributed by atoms with Gasteiger partial charge in [-0.15, -0.1) is 0 Å². The zero-order valence-corrected chi connectivity index (χ0v) is 7.33. The topological polar surface area (TPSA) is 16.8 Å². The third kappa shape index (κ3) is 0.877. The quantitative estimate of drug-likeness (QED) is 0.549. The zero-order valence-electron chi connectivity index (χ0n) is 5.61. The van der Waals surface area contributed by atoms with Gasteiger partial charge in [0, 0.05) is 0 Å². The van der Waals surface area contributed by atoms with Gasteiger partial charge in [0.1, 0.15) is 0 Å². The Labute approximate surface area is 65.1 Å². The molecule has 0 N–H and O–H groups in total. The zero-order chi connectivity index (χ0) is 6.97. The Bertz CT molecular complexity index is 320. The van der Waals surface area contributed by atoms with Crippen LogP contribution in [-0.2, 0) is 7.05 Å². The van der Waals surface area contributed by atoms with Crippen molar-refractivity contribution in [3.05, 3.63) is 24.3 Å². The third-order valence-electron chi connectivity index (χ3n) is 1.34. The van der Waals surface area contributed by atoms with E-state index in [9.17, 15) is 0 Å². The third-order valence-corrected chi connectivity index (χ3v) is 3.21. The Balaban J connectivity index is 2.88. The molecule has 50 valence electrons. The maximum atomic E-state index is 4.31. The molecule has 1 aromatic heterocycles. The van der Waals surface area contributed by atoms with E-state index in [1.807, 2.05) is 16.8 Å². The summed E-state index contributed by atoms with van der Waals surface area (Å²) in [4.78, 5) is 0. The van der Waals surface area contributed by atoms with Gasteiger partial charge < -0.3 is 0 Å². The molecule has 0 aliphatic heterocycles. The Morgan fingerprint density at radius 3 is 3.00 bits per heavy atom. The van der Waals surface area contributed by atoms with Gasteiger partial charge in [0.05, 0.1) is 0 Å². The van der Waals surface area contributed by atoms with Gasteiger partial charge in [-0.05, 0) is 0 Å². The van der Waals surface area contributed by atoms with Gasteiger partial charge in [0.15, 0.2) is 0 Å². The van der Waals surface area contributed by atoms with Crippen LogP contribution in [-0.4, -0.2) is 19.8 Å². The van der Waals surface area contributed by atoms with Crippen molar-refractivity contribution in [2.45, 2.75) is 0 Å². The van der Waals surface area contributed by atoms with Crippen LogP contribution in [0.2, 0.25) is 0 Å². The molecule has 0 spiro atoms. The monoisotopic (exact) mass is 199 g/mol. The van der Waals surface area contributed by atoms with E-state index >= 15 is 0 Å². The van der Waals surface area contributed by atoms with Crippen molar-refractivity contribution < 1.29 is 3.68 Å². The Hall–Kier alpha value is -0.661. The van der Waals surface area contributed by atoms with Crippen LogP contribution in [0.5, 0.6) is 0 Å². The number of hydrogen-bond donors (Lipinski definition) is 0. The molecule has 0 bridgehead atoms. The molecule has 0 aliphatic rings. The van der Waals surface area contributed by atoms with E-state index in [2.05, 4.69) is 23.3 Å². The van der Waals surface area contributed by atoms with Crippen LogP contribution in [0.4, 0.5) is 0 Å². The van der Waals surface area contributed by atoms with Crippen molar-refractivity contribution in [2.24, 2.45) is 7.05 Å². The van der Waals surface area contributed by atoms with Crippen molar-refractivity contribution in [3.63, 3.8) is 0 Å². The summed E-state index contributed by atoms with van der Waals surface area (Å²) in [6.45, 7) is 0. The Morgan fingerprint density at radius 2 is 2.20 bits per heavy atom. The van der Waals surface area contributed by atoms with Crippen molar-refractivity contribution in [2.75, 3.05) is 0 Å². The summed E-state index contributed by atoms with van der Waals surface area (Å²) in [6.07, 6.45) is 0. The number of rotatable bonds is 0. The summed E-state index contributed by atoms with van der Waals surface area (Å²) in [5.74, 6) is 0. The van der Waals surface area contributed by atoms with Gasteiger partial charge in [-0.1, -0.05) is 0 Å². The van der Waals surface area contributed by atoms with Crippen molar-refractivity contribution in [1.29, 1.82) is 0 Å². The van der Waals surface area contributed by atoms with Crippen molar-refractivity contribution in [1.82, 2.24) is 5.10 Å². The molecule has 2 aromatic rings. The fraction of sp³-hybridized carbons (Fsp3) is 0.143. The molecule has 2 nitrogen and oxygen atoms in total. The van der Waals surface area contributed by atoms with Gasteiger partial charge in [-0.25, -0.2) is 0 Å². The predicted molar refractivity (Wildman–Crippen MR) is 39.9 cm³/mol. The normalized spacial score (nSPS) is 10.5.